The molecule has 2 aromatic rings. The Kier molecular flexibility index (Phi) is 4.60. The zero-order valence-corrected chi connectivity index (χ0v) is 10.7. The van der Waals surface area contributed by atoms with Crippen molar-refractivity contribution in [1.82, 2.24) is 15.3 Å². The first-order valence-corrected chi connectivity index (χ1v) is 5.90. The molecule has 2 N–H and O–H groups in total. The normalized spacial score (nSPS) is 10.2. The van der Waals surface area contributed by atoms with Crippen molar-refractivity contribution in [3.63, 3.8) is 0 Å². The van der Waals surface area contributed by atoms with Crippen molar-refractivity contribution in [2.24, 2.45) is 0 Å². The molecular formula is C13H11F2N3O3. The van der Waals surface area contributed by atoms with Gasteiger partial charge in [0.15, 0.2) is 23.2 Å². The average Bonchev–Trinajstić information content (AvgIpc) is 2.45. The van der Waals surface area contributed by atoms with E-state index in [-0.39, 0.29) is 19.0 Å². The summed E-state index contributed by atoms with van der Waals surface area (Å²) in [7, 11) is 0. The lowest BCUT2D eigenvalue weighted by molar-refractivity contribution is 0.193. The van der Waals surface area contributed by atoms with Gasteiger partial charge < -0.3 is 15.2 Å². The first-order valence-electron chi connectivity index (χ1n) is 5.90. The highest BCUT2D eigenvalue weighted by atomic mass is 19.1. The van der Waals surface area contributed by atoms with E-state index < -0.39 is 23.5 Å². The lowest BCUT2D eigenvalue weighted by atomic mass is 10.3. The maximum atomic E-state index is 13.4. The van der Waals surface area contributed by atoms with Crippen LogP contribution >= 0.6 is 0 Å². The van der Waals surface area contributed by atoms with Gasteiger partial charge in [-0.1, -0.05) is 6.07 Å². The molecule has 0 radical (unpaired) electrons. The lowest BCUT2D eigenvalue weighted by Gasteiger charge is -2.08. The number of nitrogens with zero attached hydrogens (tertiary/aromatic N) is 2. The molecule has 0 atom stereocenters. The van der Waals surface area contributed by atoms with Gasteiger partial charge in [0, 0.05) is 6.20 Å². The zero-order chi connectivity index (χ0) is 15.2. The first-order chi connectivity index (χ1) is 10.1. The highest BCUT2D eigenvalue weighted by molar-refractivity contribution is 5.64. The maximum Gasteiger partial charge on any atom is 0.404 e. The molecule has 21 heavy (non-hydrogen) atoms. The van der Waals surface area contributed by atoms with Crippen LogP contribution in [-0.4, -0.2) is 21.2 Å². The van der Waals surface area contributed by atoms with Gasteiger partial charge in [-0.15, -0.1) is 0 Å². The molecule has 1 aromatic heterocycles. The Labute approximate surface area is 118 Å². The van der Waals surface area contributed by atoms with E-state index in [4.69, 9.17) is 9.84 Å². The highest BCUT2D eigenvalue weighted by Crippen LogP contribution is 2.21. The van der Waals surface area contributed by atoms with Gasteiger partial charge in [-0.25, -0.2) is 23.5 Å². The van der Waals surface area contributed by atoms with Crippen LogP contribution in [0.15, 0.2) is 30.5 Å². The van der Waals surface area contributed by atoms with Gasteiger partial charge in [0.25, 0.3) is 0 Å². The van der Waals surface area contributed by atoms with E-state index >= 15 is 0 Å². The second-order valence-electron chi connectivity index (χ2n) is 3.96. The number of carbonyl (C=O) groups is 1. The SMILES string of the molecule is O=C(O)NCc1ccnc(COc2c(F)cccc2F)n1. The third-order valence-electron chi connectivity index (χ3n) is 2.45. The van der Waals surface area contributed by atoms with Crippen LogP contribution in [0.25, 0.3) is 0 Å². The Balaban J connectivity index is 2.03. The number of nitrogens with one attached hydrogen (secondary N) is 1. The number of para-hydroxylation sites is 1. The molecule has 0 aliphatic carbocycles. The smallest absolute Gasteiger partial charge is 0.404 e. The van der Waals surface area contributed by atoms with E-state index in [1.54, 1.807) is 0 Å². The van der Waals surface area contributed by atoms with Gasteiger partial charge in [0.2, 0.25) is 0 Å². The minimum absolute atomic E-state index is 0.00108. The van der Waals surface area contributed by atoms with Crippen molar-refractivity contribution in [2.45, 2.75) is 13.2 Å². The van der Waals surface area contributed by atoms with Gasteiger partial charge >= 0.3 is 6.09 Å². The minimum Gasteiger partial charge on any atom is -0.479 e. The molecule has 0 saturated heterocycles. The summed E-state index contributed by atoms with van der Waals surface area (Å²) < 4.78 is 31.7. The monoisotopic (exact) mass is 295 g/mol. The fraction of sp³-hybridized carbons (Fsp3) is 0.154. The Bertz CT molecular complexity index is 632. The number of hydrogen-bond donors (Lipinski definition) is 2. The fourth-order valence-electron chi connectivity index (χ4n) is 1.53. The molecule has 0 aliphatic heterocycles. The number of aromatic nitrogens is 2. The van der Waals surface area contributed by atoms with Gasteiger partial charge in [0.05, 0.1) is 12.2 Å². The number of rotatable bonds is 5. The lowest BCUT2D eigenvalue weighted by Crippen LogP contribution is -2.21. The Morgan fingerprint density at radius 3 is 2.67 bits per heavy atom. The van der Waals surface area contributed by atoms with Crippen LogP contribution in [0.2, 0.25) is 0 Å². The average molecular weight is 295 g/mol. The number of benzene rings is 1. The summed E-state index contributed by atoms with van der Waals surface area (Å²) in [6.45, 7) is -0.238. The van der Waals surface area contributed by atoms with Crippen LogP contribution in [0.3, 0.4) is 0 Å². The van der Waals surface area contributed by atoms with Crippen LogP contribution in [0.4, 0.5) is 13.6 Å². The third-order valence-corrected chi connectivity index (χ3v) is 2.45. The van der Waals surface area contributed by atoms with Crippen LogP contribution < -0.4 is 10.1 Å². The van der Waals surface area contributed by atoms with Crippen molar-refractivity contribution in [2.75, 3.05) is 0 Å². The summed E-state index contributed by atoms with van der Waals surface area (Å²) in [5.74, 6) is -1.96. The van der Waals surface area contributed by atoms with Crippen LogP contribution in [0.5, 0.6) is 5.75 Å². The summed E-state index contributed by atoms with van der Waals surface area (Å²) in [6, 6.07) is 4.90. The summed E-state index contributed by atoms with van der Waals surface area (Å²) >= 11 is 0. The molecule has 0 bridgehead atoms. The molecular weight excluding hydrogens is 284 g/mol. The molecule has 0 unspecified atom stereocenters. The molecule has 0 spiro atoms. The van der Waals surface area contributed by atoms with Crippen molar-refractivity contribution in [3.8, 4) is 5.75 Å². The Hall–Kier alpha value is -2.77. The van der Waals surface area contributed by atoms with Crippen LogP contribution in [-0.2, 0) is 13.2 Å². The summed E-state index contributed by atoms with van der Waals surface area (Å²) in [4.78, 5) is 18.3. The topological polar surface area (TPSA) is 84.3 Å². The molecule has 1 amide bonds. The molecule has 6 nitrogen and oxygen atoms in total. The molecule has 0 aliphatic rings. The second-order valence-corrected chi connectivity index (χ2v) is 3.96. The summed E-state index contributed by atoms with van der Waals surface area (Å²) in [6.07, 6.45) is 0.224. The Morgan fingerprint density at radius 1 is 1.29 bits per heavy atom. The van der Waals surface area contributed by atoms with Gasteiger partial charge in [-0.05, 0) is 18.2 Å². The number of amides is 1. The van der Waals surface area contributed by atoms with Crippen molar-refractivity contribution >= 4 is 6.09 Å². The molecule has 8 heteroatoms. The van der Waals surface area contributed by atoms with Crippen molar-refractivity contribution in [1.29, 1.82) is 0 Å². The fourth-order valence-corrected chi connectivity index (χ4v) is 1.53. The van der Waals surface area contributed by atoms with E-state index in [2.05, 4.69) is 15.3 Å². The maximum absolute atomic E-state index is 13.4. The summed E-state index contributed by atoms with van der Waals surface area (Å²) in [5, 5.41) is 10.6. The van der Waals surface area contributed by atoms with E-state index in [1.165, 1.54) is 18.3 Å². The molecule has 110 valence electrons. The predicted octanol–water partition coefficient (Wildman–Crippen LogP) is 2.10. The molecule has 0 fully saturated rings. The highest BCUT2D eigenvalue weighted by Gasteiger charge is 2.10. The summed E-state index contributed by atoms with van der Waals surface area (Å²) in [5.41, 5.74) is 0.417. The molecule has 0 saturated carbocycles. The van der Waals surface area contributed by atoms with Crippen LogP contribution in [0, 0.1) is 11.6 Å². The second kappa shape index (κ2) is 6.60. The van der Waals surface area contributed by atoms with E-state index in [0.29, 0.717) is 5.69 Å². The van der Waals surface area contributed by atoms with Gasteiger partial charge in [0.1, 0.15) is 6.61 Å². The van der Waals surface area contributed by atoms with E-state index in [0.717, 1.165) is 12.1 Å². The predicted molar refractivity (Wildman–Crippen MR) is 67.6 cm³/mol. The van der Waals surface area contributed by atoms with E-state index in [9.17, 15) is 13.6 Å². The molecule has 1 aromatic carbocycles. The number of carboxylic acid groups (broad SMARTS) is 1. The number of halogens is 2. The zero-order valence-electron chi connectivity index (χ0n) is 10.7. The largest absolute Gasteiger partial charge is 0.479 e. The third kappa shape index (κ3) is 4.10. The Morgan fingerprint density at radius 2 is 2.00 bits per heavy atom. The van der Waals surface area contributed by atoms with Crippen LogP contribution in [0.1, 0.15) is 11.5 Å². The van der Waals surface area contributed by atoms with E-state index in [1.807, 2.05) is 0 Å². The number of ether oxygens (including phenoxy) is 1. The molecule has 1 heterocycles. The molecule has 2 rings (SSSR count). The standard InChI is InChI=1S/C13H11F2N3O3/c14-9-2-1-3-10(15)12(9)21-7-11-16-5-4-8(18-11)6-17-13(19)20/h1-5,17H,6-7H2,(H,19,20). The van der Waals surface area contributed by atoms with Gasteiger partial charge in [-0.3, -0.25) is 0 Å². The van der Waals surface area contributed by atoms with Crippen molar-refractivity contribution in [3.05, 3.63) is 53.6 Å². The van der Waals surface area contributed by atoms with Gasteiger partial charge in [-0.2, -0.15) is 0 Å². The van der Waals surface area contributed by atoms with Crippen molar-refractivity contribution < 1.29 is 23.4 Å². The first kappa shape index (κ1) is 14.6. The number of hydrogen-bond acceptors (Lipinski definition) is 4. The minimum atomic E-state index is -1.18. The quantitative estimate of drug-likeness (QED) is 0.882.